The molecule has 8 heteroatoms. The third kappa shape index (κ3) is 6.25. The molecule has 0 atom stereocenters. The summed E-state index contributed by atoms with van der Waals surface area (Å²) in [5, 5.41) is 5.14. The lowest BCUT2D eigenvalue weighted by molar-refractivity contribution is -0.116. The lowest BCUT2D eigenvalue weighted by Gasteiger charge is -2.27. The molecule has 0 bridgehead atoms. The van der Waals surface area contributed by atoms with Crippen molar-refractivity contribution in [2.75, 3.05) is 17.6 Å². The van der Waals surface area contributed by atoms with E-state index < -0.39 is 0 Å². The molecule has 1 amide bonds. The zero-order valence-corrected chi connectivity index (χ0v) is 23.8. The number of nitrogens with one attached hydrogen (secondary N) is 1. The van der Waals surface area contributed by atoms with E-state index in [1.165, 1.54) is 28.1 Å². The molecular weight excluding hydrogens is 546 g/mol. The van der Waals surface area contributed by atoms with Gasteiger partial charge in [-0.2, -0.15) is 0 Å². The maximum absolute atomic E-state index is 13.1. The highest BCUT2D eigenvalue weighted by Crippen LogP contribution is 2.46. The van der Waals surface area contributed by atoms with Crippen LogP contribution in [0.2, 0.25) is 0 Å². The maximum Gasteiger partial charge on any atom is 0.225 e. The summed E-state index contributed by atoms with van der Waals surface area (Å²) in [5.41, 5.74) is 4.74. The van der Waals surface area contributed by atoms with E-state index in [1.54, 1.807) is 46.6 Å². The van der Waals surface area contributed by atoms with Crippen LogP contribution in [0, 0.1) is 5.82 Å². The lowest BCUT2D eigenvalue weighted by Crippen LogP contribution is -2.29. The minimum absolute atomic E-state index is 0.0248. The minimum Gasteiger partial charge on any atom is -0.317 e. The number of thioether (sulfide) groups is 1. The fourth-order valence-corrected chi connectivity index (χ4v) is 8.14. The van der Waals surface area contributed by atoms with Crippen LogP contribution in [0.1, 0.15) is 28.8 Å². The molecular formula is C31H28FN3OS3. The average molecular weight is 574 g/mol. The van der Waals surface area contributed by atoms with Crippen molar-refractivity contribution in [1.82, 2.24) is 9.88 Å². The quantitative estimate of drug-likeness (QED) is 0.143. The summed E-state index contributed by atoms with van der Waals surface area (Å²) in [6, 6.07) is 25.3. The number of fused-ring (bicyclic) bond motifs is 2. The SMILES string of the molecule is O=C(CCCSc1ccc(F)cc1)Nc1sc2c(c1-c1nc3ccccc3s1)CCN(Cc1ccccc1)C2. The Balaban J connectivity index is 1.19. The number of carbonyl (C=O) groups is 1. The lowest BCUT2D eigenvalue weighted by atomic mass is 10.0. The van der Waals surface area contributed by atoms with Crippen molar-refractivity contribution in [2.45, 2.75) is 37.2 Å². The second kappa shape index (κ2) is 12.0. The van der Waals surface area contributed by atoms with Crippen LogP contribution in [0.5, 0.6) is 0 Å². The van der Waals surface area contributed by atoms with E-state index >= 15 is 0 Å². The summed E-state index contributed by atoms with van der Waals surface area (Å²) in [4.78, 5) is 22.8. The highest BCUT2D eigenvalue weighted by atomic mass is 32.2. The van der Waals surface area contributed by atoms with Gasteiger partial charge < -0.3 is 5.32 Å². The first kappa shape index (κ1) is 26.2. The number of amides is 1. The zero-order valence-electron chi connectivity index (χ0n) is 21.4. The first-order chi connectivity index (χ1) is 19.1. The van der Waals surface area contributed by atoms with Gasteiger partial charge in [0.1, 0.15) is 15.8 Å². The first-order valence-corrected chi connectivity index (χ1v) is 15.7. The van der Waals surface area contributed by atoms with Crippen LogP contribution in [0.25, 0.3) is 20.8 Å². The van der Waals surface area contributed by atoms with Crippen LogP contribution in [0.3, 0.4) is 0 Å². The largest absolute Gasteiger partial charge is 0.317 e. The van der Waals surface area contributed by atoms with Gasteiger partial charge in [0, 0.05) is 41.4 Å². The number of rotatable bonds is 9. The number of carbonyl (C=O) groups excluding carboxylic acids is 1. The van der Waals surface area contributed by atoms with E-state index in [4.69, 9.17) is 4.98 Å². The number of para-hydroxylation sites is 1. The first-order valence-electron chi connectivity index (χ1n) is 13.1. The fraction of sp³-hybridized carbons (Fsp3) is 0.226. The van der Waals surface area contributed by atoms with Gasteiger partial charge >= 0.3 is 0 Å². The Morgan fingerprint density at radius 2 is 1.79 bits per heavy atom. The van der Waals surface area contributed by atoms with Gasteiger partial charge in [-0.3, -0.25) is 9.69 Å². The summed E-state index contributed by atoms with van der Waals surface area (Å²) in [6.45, 7) is 2.77. The van der Waals surface area contributed by atoms with E-state index in [9.17, 15) is 9.18 Å². The summed E-state index contributed by atoms with van der Waals surface area (Å²) < 4.78 is 14.3. The van der Waals surface area contributed by atoms with Crippen molar-refractivity contribution in [3.8, 4) is 10.6 Å². The summed E-state index contributed by atoms with van der Waals surface area (Å²) in [7, 11) is 0. The predicted octanol–water partition coefficient (Wildman–Crippen LogP) is 8.23. The number of nitrogens with zero attached hydrogens (tertiary/aromatic N) is 2. The van der Waals surface area contributed by atoms with Gasteiger partial charge in [0.05, 0.1) is 10.2 Å². The predicted molar refractivity (Wildman–Crippen MR) is 162 cm³/mol. The molecule has 2 aromatic heterocycles. The molecule has 5 aromatic rings. The molecule has 0 unspecified atom stereocenters. The normalized spacial score (nSPS) is 13.5. The number of thiophene rings is 1. The summed E-state index contributed by atoms with van der Waals surface area (Å²) in [6.07, 6.45) is 2.13. The van der Waals surface area contributed by atoms with Gasteiger partial charge in [-0.1, -0.05) is 42.5 Å². The van der Waals surface area contributed by atoms with Gasteiger partial charge in [-0.05, 0) is 66.1 Å². The smallest absolute Gasteiger partial charge is 0.225 e. The van der Waals surface area contributed by atoms with E-state index in [2.05, 4.69) is 46.6 Å². The summed E-state index contributed by atoms with van der Waals surface area (Å²) >= 11 is 5.04. The zero-order chi connectivity index (χ0) is 26.6. The molecule has 0 radical (unpaired) electrons. The molecule has 0 saturated heterocycles. The van der Waals surface area contributed by atoms with Crippen molar-refractivity contribution < 1.29 is 9.18 Å². The van der Waals surface area contributed by atoms with Crippen LogP contribution >= 0.6 is 34.4 Å². The highest BCUT2D eigenvalue weighted by Gasteiger charge is 2.27. The van der Waals surface area contributed by atoms with Crippen LogP contribution in [0.15, 0.2) is 83.8 Å². The molecule has 3 heterocycles. The summed E-state index contributed by atoms with van der Waals surface area (Å²) in [5.74, 6) is 0.598. The molecule has 4 nitrogen and oxygen atoms in total. The van der Waals surface area contributed by atoms with E-state index in [0.717, 1.165) is 68.9 Å². The topological polar surface area (TPSA) is 45.2 Å². The van der Waals surface area contributed by atoms with Crippen LogP contribution < -0.4 is 5.32 Å². The Morgan fingerprint density at radius 3 is 2.62 bits per heavy atom. The van der Waals surface area contributed by atoms with Gasteiger partial charge in [0.25, 0.3) is 0 Å². The third-order valence-corrected chi connectivity index (χ3v) is 10.1. The van der Waals surface area contributed by atoms with Crippen molar-refractivity contribution in [3.63, 3.8) is 0 Å². The van der Waals surface area contributed by atoms with Crippen molar-refractivity contribution in [2.24, 2.45) is 0 Å². The Kier molecular flexibility index (Phi) is 8.06. The molecule has 1 aliphatic rings. The second-order valence-corrected chi connectivity index (χ2v) is 12.9. The van der Waals surface area contributed by atoms with Crippen LogP contribution in [-0.2, 0) is 24.3 Å². The Labute approximate surface area is 239 Å². The highest BCUT2D eigenvalue weighted by molar-refractivity contribution is 7.99. The van der Waals surface area contributed by atoms with Gasteiger partial charge in [0.2, 0.25) is 5.91 Å². The monoisotopic (exact) mass is 573 g/mol. The Morgan fingerprint density at radius 1 is 1.00 bits per heavy atom. The molecule has 39 heavy (non-hydrogen) atoms. The van der Waals surface area contributed by atoms with Crippen LogP contribution in [-0.4, -0.2) is 28.1 Å². The van der Waals surface area contributed by atoms with Gasteiger partial charge in [0.15, 0.2) is 0 Å². The third-order valence-electron chi connectivity index (χ3n) is 6.78. The number of hydrogen-bond donors (Lipinski definition) is 1. The second-order valence-electron chi connectivity index (χ2n) is 9.60. The molecule has 0 aliphatic carbocycles. The number of anilines is 1. The maximum atomic E-state index is 13.1. The molecule has 1 N–H and O–H groups in total. The Bertz CT molecular complexity index is 1550. The number of halogens is 1. The van der Waals surface area contributed by atoms with Gasteiger partial charge in [-0.25, -0.2) is 9.37 Å². The molecule has 0 fully saturated rings. The molecule has 6 rings (SSSR count). The standard InChI is InChI=1S/C31H28FN3OS3/c32-22-12-14-23(15-13-22)37-18-6-11-28(36)34-31-29(30-33-25-9-4-5-10-26(25)38-30)24-16-17-35(20-27(24)39-31)19-21-7-2-1-3-8-21/h1-5,7-10,12-15H,6,11,16-20H2,(H,34,36). The van der Waals surface area contributed by atoms with Crippen molar-refractivity contribution in [3.05, 3.63) is 101 Å². The Hall–Kier alpha value is -3.04. The number of benzene rings is 3. The molecule has 198 valence electrons. The van der Waals surface area contributed by atoms with E-state index in [1.807, 2.05) is 18.2 Å². The van der Waals surface area contributed by atoms with Crippen molar-refractivity contribution in [1.29, 1.82) is 0 Å². The van der Waals surface area contributed by atoms with Crippen LogP contribution in [0.4, 0.5) is 9.39 Å². The molecule has 0 spiro atoms. The number of thiazole rings is 1. The molecule has 3 aromatic carbocycles. The minimum atomic E-state index is -0.232. The fourth-order valence-electron chi connectivity index (χ4n) is 4.87. The van der Waals surface area contributed by atoms with E-state index in [-0.39, 0.29) is 11.7 Å². The average Bonchev–Trinajstić information content (AvgIpc) is 3.53. The molecule has 0 saturated carbocycles. The molecule has 1 aliphatic heterocycles. The number of aromatic nitrogens is 1. The number of hydrogen-bond acceptors (Lipinski definition) is 6. The van der Waals surface area contributed by atoms with Crippen molar-refractivity contribution >= 4 is 55.6 Å². The van der Waals surface area contributed by atoms with Gasteiger partial charge in [-0.15, -0.1) is 34.4 Å². The van der Waals surface area contributed by atoms with E-state index in [0.29, 0.717) is 6.42 Å².